The standard InChI is InChI=1S/C16H18ClFN2O/c1-3-7-19-10-12-6-8-20-16(15(12)18)21-13-4-5-14(17)11(2)9-13/h4-6,8-9,19H,3,7,10H2,1-2H3. The number of rotatable bonds is 6. The summed E-state index contributed by atoms with van der Waals surface area (Å²) < 4.78 is 19.8. The van der Waals surface area contributed by atoms with Crippen LogP contribution in [0.4, 0.5) is 4.39 Å². The number of nitrogens with one attached hydrogen (secondary N) is 1. The molecule has 5 heteroatoms. The van der Waals surface area contributed by atoms with Crippen LogP contribution in [0.5, 0.6) is 11.6 Å². The Morgan fingerprint density at radius 3 is 2.86 bits per heavy atom. The summed E-state index contributed by atoms with van der Waals surface area (Å²) in [6, 6.07) is 6.82. The average molecular weight is 309 g/mol. The van der Waals surface area contributed by atoms with Crippen molar-refractivity contribution in [1.29, 1.82) is 0 Å². The van der Waals surface area contributed by atoms with E-state index >= 15 is 0 Å². The average Bonchev–Trinajstić information content (AvgIpc) is 2.47. The van der Waals surface area contributed by atoms with Gasteiger partial charge in [0, 0.05) is 23.3 Å². The van der Waals surface area contributed by atoms with Crippen LogP contribution in [-0.2, 0) is 6.54 Å². The number of aryl methyl sites for hydroxylation is 1. The van der Waals surface area contributed by atoms with Gasteiger partial charge in [-0.15, -0.1) is 0 Å². The van der Waals surface area contributed by atoms with Crippen molar-refractivity contribution in [2.75, 3.05) is 6.54 Å². The molecule has 2 aromatic rings. The minimum Gasteiger partial charge on any atom is -0.436 e. The van der Waals surface area contributed by atoms with Gasteiger partial charge in [0.1, 0.15) is 5.75 Å². The van der Waals surface area contributed by atoms with Crippen molar-refractivity contribution in [3.8, 4) is 11.6 Å². The molecule has 1 aromatic heterocycles. The topological polar surface area (TPSA) is 34.2 Å². The van der Waals surface area contributed by atoms with E-state index < -0.39 is 5.82 Å². The minimum absolute atomic E-state index is 0.0208. The molecule has 0 aliphatic heterocycles. The number of halogens is 2. The minimum atomic E-state index is -0.436. The van der Waals surface area contributed by atoms with Gasteiger partial charge < -0.3 is 10.1 Å². The van der Waals surface area contributed by atoms with Crippen molar-refractivity contribution in [2.45, 2.75) is 26.8 Å². The molecule has 0 aliphatic carbocycles. The highest BCUT2D eigenvalue weighted by Gasteiger charge is 2.12. The molecule has 2 rings (SSSR count). The van der Waals surface area contributed by atoms with Crippen molar-refractivity contribution < 1.29 is 9.13 Å². The zero-order valence-electron chi connectivity index (χ0n) is 12.1. The Bertz CT molecular complexity index is 619. The predicted molar refractivity (Wildman–Crippen MR) is 82.5 cm³/mol. The monoisotopic (exact) mass is 308 g/mol. The summed E-state index contributed by atoms with van der Waals surface area (Å²) in [5.74, 6) is 0.0585. The van der Waals surface area contributed by atoms with Crippen LogP contribution < -0.4 is 10.1 Å². The molecule has 0 aliphatic rings. The summed E-state index contributed by atoms with van der Waals surface area (Å²) in [7, 11) is 0. The maximum absolute atomic E-state index is 14.3. The zero-order chi connectivity index (χ0) is 15.2. The van der Waals surface area contributed by atoms with Gasteiger partial charge in [0.05, 0.1) is 0 Å². The number of hydrogen-bond donors (Lipinski definition) is 1. The molecule has 21 heavy (non-hydrogen) atoms. The summed E-state index contributed by atoms with van der Waals surface area (Å²) in [6.07, 6.45) is 2.55. The Hall–Kier alpha value is -1.65. The lowest BCUT2D eigenvalue weighted by atomic mass is 10.2. The van der Waals surface area contributed by atoms with Gasteiger partial charge in [0.15, 0.2) is 5.82 Å². The van der Waals surface area contributed by atoms with Crippen molar-refractivity contribution in [3.05, 3.63) is 52.4 Å². The Morgan fingerprint density at radius 2 is 2.14 bits per heavy atom. The molecule has 1 N–H and O–H groups in total. The molecule has 0 unspecified atom stereocenters. The van der Waals surface area contributed by atoms with Crippen molar-refractivity contribution in [3.63, 3.8) is 0 Å². The maximum atomic E-state index is 14.3. The second kappa shape index (κ2) is 7.38. The van der Waals surface area contributed by atoms with Gasteiger partial charge in [0.25, 0.3) is 5.88 Å². The number of nitrogens with zero attached hydrogens (tertiary/aromatic N) is 1. The first kappa shape index (κ1) is 15.7. The maximum Gasteiger partial charge on any atom is 0.256 e. The predicted octanol–water partition coefficient (Wildman–Crippen LogP) is 4.47. The molecule has 0 saturated heterocycles. The normalized spacial score (nSPS) is 10.7. The quantitative estimate of drug-likeness (QED) is 0.799. The lowest BCUT2D eigenvalue weighted by Crippen LogP contribution is -2.15. The summed E-state index contributed by atoms with van der Waals surface area (Å²) >= 11 is 5.96. The van der Waals surface area contributed by atoms with E-state index in [0.29, 0.717) is 22.9 Å². The van der Waals surface area contributed by atoms with Crippen LogP contribution in [0.25, 0.3) is 0 Å². The Labute approximate surface area is 129 Å². The van der Waals surface area contributed by atoms with Crippen LogP contribution in [0.3, 0.4) is 0 Å². The summed E-state index contributed by atoms with van der Waals surface area (Å²) in [6.45, 7) is 5.23. The second-order valence-electron chi connectivity index (χ2n) is 4.78. The van der Waals surface area contributed by atoms with Gasteiger partial charge in [0.2, 0.25) is 0 Å². The lowest BCUT2D eigenvalue weighted by molar-refractivity contribution is 0.417. The van der Waals surface area contributed by atoms with E-state index in [0.717, 1.165) is 18.5 Å². The largest absolute Gasteiger partial charge is 0.436 e. The van der Waals surface area contributed by atoms with E-state index in [2.05, 4.69) is 17.2 Å². The van der Waals surface area contributed by atoms with E-state index in [-0.39, 0.29) is 5.88 Å². The van der Waals surface area contributed by atoms with Gasteiger partial charge in [-0.3, -0.25) is 0 Å². The molecule has 0 bridgehead atoms. The zero-order valence-corrected chi connectivity index (χ0v) is 12.9. The van der Waals surface area contributed by atoms with Gasteiger partial charge in [-0.25, -0.2) is 9.37 Å². The van der Waals surface area contributed by atoms with Gasteiger partial charge in [-0.1, -0.05) is 18.5 Å². The Morgan fingerprint density at radius 1 is 1.33 bits per heavy atom. The highest BCUT2D eigenvalue weighted by atomic mass is 35.5. The first-order chi connectivity index (χ1) is 10.1. The third-order valence-electron chi connectivity index (χ3n) is 3.02. The lowest BCUT2D eigenvalue weighted by Gasteiger charge is -2.10. The number of pyridine rings is 1. The van der Waals surface area contributed by atoms with Crippen molar-refractivity contribution in [2.24, 2.45) is 0 Å². The van der Waals surface area contributed by atoms with Gasteiger partial charge in [-0.05, 0) is 49.7 Å². The smallest absolute Gasteiger partial charge is 0.256 e. The fourth-order valence-electron chi connectivity index (χ4n) is 1.86. The molecule has 1 heterocycles. The van der Waals surface area contributed by atoms with Crippen LogP contribution in [0.15, 0.2) is 30.5 Å². The SMILES string of the molecule is CCCNCc1ccnc(Oc2ccc(Cl)c(C)c2)c1F. The number of hydrogen-bond acceptors (Lipinski definition) is 3. The van der Waals surface area contributed by atoms with E-state index in [1.165, 1.54) is 0 Å². The van der Waals surface area contributed by atoms with Crippen LogP contribution in [0.1, 0.15) is 24.5 Å². The van der Waals surface area contributed by atoms with Crippen LogP contribution in [0.2, 0.25) is 5.02 Å². The number of ether oxygens (including phenoxy) is 1. The van der Waals surface area contributed by atoms with Gasteiger partial charge >= 0.3 is 0 Å². The van der Waals surface area contributed by atoms with Gasteiger partial charge in [-0.2, -0.15) is 0 Å². The Balaban J connectivity index is 2.16. The molecule has 0 spiro atoms. The first-order valence-corrected chi connectivity index (χ1v) is 7.27. The van der Waals surface area contributed by atoms with Crippen LogP contribution in [-0.4, -0.2) is 11.5 Å². The third-order valence-corrected chi connectivity index (χ3v) is 3.45. The fraction of sp³-hybridized carbons (Fsp3) is 0.312. The fourth-order valence-corrected chi connectivity index (χ4v) is 1.98. The summed E-state index contributed by atoms with van der Waals surface area (Å²) in [5.41, 5.74) is 1.41. The molecular weight excluding hydrogens is 291 g/mol. The molecule has 1 aromatic carbocycles. The van der Waals surface area contributed by atoms with E-state index in [1.54, 1.807) is 30.5 Å². The van der Waals surface area contributed by atoms with Crippen molar-refractivity contribution >= 4 is 11.6 Å². The van der Waals surface area contributed by atoms with Crippen molar-refractivity contribution in [1.82, 2.24) is 10.3 Å². The second-order valence-corrected chi connectivity index (χ2v) is 5.19. The first-order valence-electron chi connectivity index (χ1n) is 6.90. The molecule has 0 saturated carbocycles. The molecule has 0 amide bonds. The molecule has 0 fully saturated rings. The highest BCUT2D eigenvalue weighted by Crippen LogP contribution is 2.27. The van der Waals surface area contributed by atoms with E-state index in [4.69, 9.17) is 16.3 Å². The third kappa shape index (κ3) is 4.16. The molecule has 0 atom stereocenters. The van der Waals surface area contributed by atoms with Crippen LogP contribution >= 0.6 is 11.6 Å². The molecule has 3 nitrogen and oxygen atoms in total. The molecular formula is C16H18ClFN2O. The van der Waals surface area contributed by atoms with E-state index in [1.807, 2.05) is 6.92 Å². The van der Waals surface area contributed by atoms with E-state index in [9.17, 15) is 4.39 Å². The summed E-state index contributed by atoms with van der Waals surface area (Å²) in [5, 5.41) is 3.81. The Kier molecular flexibility index (Phi) is 5.53. The molecule has 112 valence electrons. The highest BCUT2D eigenvalue weighted by molar-refractivity contribution is 6.31. The number of aromatic nitrogens is 1. The molecule has 0 radical (unpaired) electrons. The summed E-state index contributed by atoms with van der Waals surface area (Å²) in [4.78, 5) is 3.96. The number of benzene rings is 1. The van der Waals surface area contributed by atoms with Crippen LogP contribution in [0, 0.1) is 12.7 Å².